The monoisotopic (exact) mass is 302 g/mol. The number of hydrogen-bond donors (Lipinski definition) is 1. The maximum atomic E-state index is 6.51. The van der Waals surface area contributed by atoms with Crippen molar-refractivity contribution in [2.75, 3.05) is 5.32 Å². The van der Waals surface area contributed by atoms with E-state index in [9.17, 15) is 0 Å². The predicted octanol–water partition coefficient (Wildman–Crippen LogP) is 5.58. The second-order valence-electron chi connectivity index (χ2n) is 7.05. The number of nitrogens with zero attached hydrogens (tertiary/aromatic N) is 1. The molecule has 0 saturated heterocycles. The van der Waals surface area contributed by atoms with Gasteiger partial charge in [-0.05, 0) is 55.4 Å². The van der Waals surface area contributed by atoms with Crippen molar-refractivity contribution in [1.29, 1.82) is 0 Å². The van der Waals surface area contributed by atoms with Crippen molar-refractivity contribution >= 4 is 28.2 Å². The van der Waals surface area contributed by atoms with Crippen LogP contribution in [0.25, 0.3) is 10.9 Å². The van der Waals surface area contributed by atoms with Crippen LogP contribution in [0, 0.1) is 12.3 Å². The molecule has 112 valence electrons. The quantitative estimate of drug-likeness (QED) is 0.783. The number of fused-ring (bicyclic) bond motifs is 1. The largest absolute Gasteiger partial charge is 0.381 e. The van der Waals surface area contributed by atoms with Crippen LogP contribution in [0.3, 0.4) is 0 Å². The van der Waals surface area contributed by atoms with Crippen LogP contribution in [0.1, 0.15) is 45.1 Å². The number of benzene rings is 1. The molecule has 1 heterocycles. The zero-order valence-electron chi connectivity index (χ0n) is 13.0. The van der Waals surface area contributed by atoms with Gasteiger partial charge in [-0.1, -0.05) is 31.9 Å². The topological polar surface area (TPSA) is 24.9 Å². The predicted molar refractivity (Wildman–Crippen MR) is 91.1 cm³/mol. The highest BCUT2D eigenvalue weighted by molar-refractivity contribution is 6.35. The molecule has 2 aromatic rings. The van der Waals surface area contributed by atoms with Crippen molar-refractivity contribution in [2.24, 2.45) is 5.41 Å². The summed E-state index contributed by atoms with van der Waals surface area (Å²) in [7, 11) is 0. The smallest absolute Gasteiger partial charge is 0.0752 e. The minimum absolute atomic E-state index is 0.418. The Hall–Kier alpha value is -1.28. The van der Waals surface area contributed by atoms with Crippen LogP contribution in [0.15, 0.2) is 24.4 Å². The zero-order valence-corrected chi connectivity index (χ0v) is 13.8. The zero-order chi connectivity index (χ0) is 15.0. The molecule has 1 aromatic carbocycles. The van der Waals surface area contributed by atoms with Crippen molar-refractivity contribution in [2.45, 2.75) is 52.5 Å². The lowest BCUT2D eigenvalue weighted by molar-refractivity contribution is 0.229. The van der Waals surface area contributed by atoms with E-state index in [-0.39, 0.29) is 0 Å². The number of pyridine rings is 1. The number of halogens is 1. The molecule has 0 amide bonds. The number of aryl methyl sites for hydroxylation is 1. The molecule has 1 saturated carbocycles. The normalized spacial score (nSPS) is 21.4. The molecule has 0 spiro atoms. The first kappa shape index (κ1) is 14.6. The average molecular weight is 303 g/mol. The highest BCUT2D eigenvalue weighted by Crippen LogP contribution is 2.39. The molecule has 1 unspecified atom stereocenters. The summed E-state index contributed by atoms with van der Waals surface area (Å²) in [6, 6.07) is 6.61. The van der Waals surface area contributed by atoms with E-state index in [1.54, 1.807) is 0 Å². The van der Waals surface area contributed by atoms with Gasteiger partial charge in [0.25, 0.3) is 0 Å². The first-order chi connectivity index (χ1) is 9.96. The molecule has 3 heteroatoms. The van der Waals surface area contributed by atoms with Crippen LogP contribution in [0.2, 0.25) is 5.02 Å². The summed E-state index contributed by atoms with van der Waals surface area (Å²) in [5.74, 6) is 0. The van der Waals surface area contributed by atoms with Gasteiger partial charge in [-0.3, -0.25) is 4.98 Å². The standard InChI is InChI=1S/C18H23ClN2/c1-12-10-15(19)17(14-7-5-9-20-16(12)14)21-13-6-4-8-18(2,3)11-13/h5,7,9-10,13,21H,4,6,8,11H2,1-3H3. The van der Waals surface area contributed by atoms with E-state index in [1.165, 1.54) is 25.7 Å². The van der Waals surface area contributed by atoms with Crippen LogP contribution in [0.5, 0.6) is 0 Å². The molecule has 2 nitrogen and oxygen atoms in total. The summed E-state index contributed by atoms with van der Waals surface area (Å²) >= 11 is 6.51. The van der Waals surface area contributed by atoms with E-state index in [1.807, 2.05) is 18.3 Å². The highest BCUT2D eigenvalue weighted by atomic mass is 35.5. The van der Waals surface area contributed by atoms with E-state index >= 15 is 0 Å². The Balaban J connectivity index is 1.97. The SMILES string of the molecule is Cc1cc(Cl)c(NC2CCCC(C)(C)C2)c2cccnc12. The van der Waals surface area contributed by atoms with E-state index in [0.29, 0.717) is 11.5 Å². The van der Waals surface area contributed by atoms with Crippen molar-refractivity contribution in [3.8, 4) is 0 Å². The molecular formula is C18H23ClN2. The van der Waals surface area contributed by atoms with Crippen LogP contribution >= 0.6 is 11.6 Å². The maximum Gasteiger partial charge on any atom is 0.0752 e. The number of hydrogen-bond acceptors (Lipinski definition) is 2. The van der Waals surface area contributed by atoms with Gasteiger partial charge in [0, 0.05) is 17.6 Å². The molecule has 1 aliphatic carbocycles. The third kappa shape index (κ3) is 3.01. The first-order valence-electron chi connectivity index (χ1n) is 7.77. The minimum Gasteiger partial charge on any atom is -0.381 e. The van der Waals surface area contributed by atoms with E-state index in [4.69, 9.17) is 11.6 Å². The minimum atomic E-state index is 0.418. The molecule has 0 aliphatic heterocycles. The Labute approximate surface area is 131 Å². The second kappa shape index (κ2) is 5.49. The molecule has 0 radical (unpaired) electrons. The lowest BCUT2D eigenvalue weighted by Gasteiger charge is -2.36. The number of rotatable bonds is 2. The van der Waals surface area contributed by atoms with Crippen molar-refractivity contribution < 1.29 is 0 Å². The fourth-order valence-electron chi connectivity index (χ4n) is 3.55. The summed E-state index contributed by atoms with van der Waals surface area (Å²) in [6.07, 6.45) is 6.85. The lowest BCUT2D eigenvalue weighted by atomic mass is 9.75. The van der Waals surface area contributed by atoms with Gasteiger partial charge < -0.3 is 5.32 Å². The maximum absolute atomic E-state index is 6.51. The number of anilines is 1. The van der Waals surface area contributed by atoms with Crippen LogP contribution in [-0.2, 0) is 0 Å². The Bertz CT molecular complexity index is 664. The third-order valence-corrected chi connectivity index (χ3v) is 4.88. The third-order valence-electron chi connectivity index (χ3n) is 4.59. The first-order valence-corrected chi connectivity index (χ1v) is 8.14. The molecule has 1 atom stereocenters. The Morgan fingerprint density at radius 2 is 2.19 bits per heavy atom. The molecule has 3 rings (SSSR count). The average Bonchev–Trinajstić information content (AvgIpc) is 2.42. The van der Waals surface area contributed by atoms with E-state index in [0.717, 1.165) is 27.2 Å². The number of aromatic nitrogens is 1. The van der Waals surface area contributed by atoms with Crippen molar-refractivity contribution in [1.82, 2.24) is 4.98 Å². The van der Waals surface area contributed by atoms with Gasteiger partial charge in [0.15, 0.2) is 0 Å². The highest BCUT2D eigenvalue weighted by Gasteiger charge is 2.28. The molecule has 21 heavy (non-hydrogen) atoms. The van der Waals surface area contributed by atoms with Crippen molar-refractivity contribution in [3.63, 3.8) is 0 Å². The molecule has 1 fully saturated rings. The van der Waals surface area contributed by atoms with Crippen LogP contribution < -0.4 is 5.32 Å². The molecule has 1 N–H and O–H groups in total. The van der Waals surface area contributed by atoms with Gasteiger partial charge in [0.2, 0.25) is 0 Å². The fourth-order valence-corrected chi connectivity index (χ4v) is 3.87. The summed E-state index contributed by atoms with van der Waals surface area (Å²) in [4.78, 5) is 4.51. The Kier molecular flexibility index (Phi) is 3.83. The molecule has 1 aromatic heterocycles. The fraction of sp³-hybridized carbons (Fsp3) is 0.500. The lowest BCUT2D eigenvalue weighted by Crippen LogP contribution is -2.31. The van der Waals surface area contributed by atoms with Crippen molar-refractivity contribution in [3.05, 3.63) is 35.0 Å². The van der Waals surface area contributed by atoms with E-state index in [2.05, 4.69) is 37.1 Å². The van der Waals surface area contributed by atoms with Crippen LogP contribution in [-0.4, -0.2) is 11.0 Å². The van der Waals surface area contributed by atoms with Gasteiger partial charge in [0.1, 0.15) is 0 Å². The molecule has 1 aliphatic rings. The van der Waals surface area contributed by atoms with Gasteiger partial charge in [-0.25, -0.2) is 0 Å². The number of nitrogens with one attached hydrogen (secondary N) is 1. The van der Waals surface area contributed by atoms with Gasteiger partial charge in [-0.15, -0.1) is 0 Å². The second-order valence-corrected chi connectivity index (χ2v) is 7.46. The summed E-state index contributed by atoms with van der Waals surface area (Å²) in [6.45, 7) is 6.78. The molecular weight excluding hydrogens is 280 g/mol. The summed E-state index contributed by atoms with van der Waals surface area (Å²) < 4.78 is 0. The van der Waals surface area contributed by atoms with E-state index < -0.39 is 0 Å². The van der Waals surface area contributed by atoms with Crippen LogP contribution in [0.4, 0.5) is 5.69 Å². The Morgan fingerprint density at radius 1 is 1.38 bits per heavy atom. The van der Waals surface area contributed by atoms with Gasteiger partial charge in [-0.2, -0.15) is 0 Å². The summed E-state index contributed by atoms with van der Waals surface area (Å²) in [5, 5.41) is 5.64. The van der Waals surface area contributed by atoms with Gasteiger partial charge >= 0.3 is 0 Å². The Morgan fingerprint density at radius 3 is 2.95 bits per heavy atom. The van der Waals surface area contributed by atoms with Gasteiger partial charge in [0.05, 0.1) is 16.2 Å². The summed E-state index contributed by atoms with van der Waals surface area (Å²) in [5.41, 5.74) is 3.64. The molecule has 0 bridgehead atoms.